The zero-order valence-corrected chi connectivity index (χ0v) is 14.0. The molecule has 114 valence electrons. The van der Waals surface area contributed by atoms with Crippen LogP contribution in [0.4, 0.5) is 0 Å². The molecule has 2 aromatic carbocycles. The van der Waals surface area contributed by atoms with E-state index >= 15 is 0 Å². The number of hydrogen-bond donors (Lipinski definition) is 0. The van der Waals surface area contributed by atoms with Crippen molar-refractivity contribution in [1.82, 2.24) is 0 Å². The molecule has 0 spiro atoms. The SMILES string of the molecule is Cc1cccc2op(C3CCCC3)oc3cccc(C)c3c12. The van der Waals surface area contributed by atoms with Crippen LogP contribution >= 0.6 is 8.01 Å². The van der Waals surface area contributed by atoms with E-state index in [-0.39, 0.29) is 0 Å². The van der Waals surface area contributed by atoms with Crippen LogP contribution in [0.3, 0.4) is 0 Å². The zero-order chi connectivity index (χ0) is 15.1. The topological polar surface area (TPSA) is 26.3 Å². The molecule has 1 aliphatic carbocycles. The number of rotatable bonds is 1. The molecule has 3 aromatic rings. The third-order valence-corrected chi connectivity index (χ3v) is 6.58. The van der Waals surface area contributed by atoms with E-state index in [2.05, 4.69) is 50.2 Å². The van der Waals surface area contributed by atoms with Gasteiger partial charge in [0, 0.05) is 10.8 Å². The second-order valence-corrected chi connectivity index (χ2v) is 7.97. The van der Waals surface area contributed by atoms with Crippen molar-refractivity contribution in [1.29, 1.82) is 0 Å². The fourth-order valence-electron chi connectivity index (χ4n) is 3.55. The molecule has 2 nitrogen and oxygen atoms in total. The summed E-state index contributed by atoms with van der Waals surface area (Å²) in [5.74, 6) is 0. The molecule has 4 rings (SSSR count). The van der Waals surface area contributed by atoms with E-state index in [0.717, 1.165) is 11.2 Å². The minimum absolute atomic E-state index is 0.565. The van der Waals surface area contributed by atoms with Crippen molar-refractivity contribution in [2.45, 2.75) is 45.2 Å². The Balaban J connectivity index is 2.17. The van der Waals surface area contributed by atoms with Gasteiger partial charge in [-0.2, -0.15) is 0 Å². The fourth-order valence-corrected chi connectivity index (χ4v) is 5.37. The van der Waals surface area contributed by atoms with Crippen LogP contribution in [0.5, 0.6) is 0 Å². The van der Waals surface area contributed by atoms with Crippen molar-refractivity contribution >= 4 is 30.0 Å². The van der Waals surface area contributed by atoms with Gasteiger partial charge >= 0.3 is 0 Å². The summed E-state index contributed by atoms with van der Waals surface area (Å²) in [5, 5.41) is 2.41. The van der Waals surface area contributed by atoms with Gasteiger partial charge in [-0.1, -0.05) is 37.1 Å². The highest BCUT2D eigenvalue weighted by Crippen LogP contribution is 2.51. The van der Waals surface area contributed by atoms with Crippen LogP contribution in [0.15, 0.2) is 44.8 Å². The second-order valence-electron chi connectivity index (χ2n) is 6.30. The van der Waals surface area contributed by atoms with Crippen LogP contribution in [0.1, 0.15) is 42.5 Å². The first-order valence-corrected chi connectivity index (χ1v) is 9.33. The van der Waals surface area contributed by atoms with Gasteiger partial charge in [-0.15, -0.1) is 0 Å². The van der Waals surface area contributed by atoms with Crippen molar-refractivity contribution in [2.75, 3.05) is 0 Å². The molecule has 0 saturated heterocycles. The van der Waals surface area contributed by atoms with Crippen molar-refractivity contribution in [3.63, 3.8) is 0 Å². The molecular weight excluding hydrogens is 291 g/mol. The lowest BCUT2D eigenvalue weighted by atomic mass is 10.0. The maximum absolute atomic E-state index is 6.40. The Hall–Kier alpha value is -1.66. The second kappa shape index (κ2) is 5.52. The molecule has 1 saturated carbocycles. The van der Waals surface area contributed by atoms with E-state index in [1.807, 2.05) is 0 Å². The van der Waals surface area contributed by atoms with Gasteiger partial charge in [-0.25, -0.2) is 0 Å². The Labute approximate surface area is 131 Å². The summed E-state index contributed by atoms with van der Waals surface area (Å²) in [6.07, 6.45) is 5.07. The van der Waals surface area contributed by atoms with Gasteiger partial charge in [-0.05, 0) is 49.9 Å². The van der Waals surface area contributed by atoms with E-state index in [9.17, 15) is 0 Å². The molecule has 1 aliphatic rings. The molecule has 0 atom stereocenters. The molecule has 0 N–H and O–H groups in total. The standard InChI is InChI=1S/C19H21O2P/c1-13-7-5-11-16-18(13)19-14(2)8-6-12-17(19)21-22(20-16)15-9-3-4-10-15/h5-8,11-12,15H,3-4,9-10H2,1-2H3. The van der Waals surface area contributed by atoms with Crippen LogP contribution in [-0.2, 0) is 0 Å². The predicted octanol–water partition coefficient (Wildman–Crippen LogP) is 7.02. The molecule has 1 heterocycles. The summed E-state index contributed by atoms with van der Waals surface area (Å²) in [6.45, 7) is 4.31. The first kappa shape index (κ1) is 14.0. The predicted molar refractivity (Wildman–Crippen MR) is 93.3 cm³/mol. The smallest absolute Gasteiger partial charge is 0.219 e. The van der Waals surface area contributed by atoms with Gasteiger partial charge in [-0.3, -0.25) is 0 Å². The van der Waals surface area contributed by atoms with E-state index in [1.165, 1.54) is 47.6 Å². The molecule has 0 aliphatic heterocycles. The number of hydrogen-bond acceptors (Lipinski definition) is 2. The molecule has 0 amide bonds. The molecule has 1 aromatic heterocycles. The van der Waals surface area contributed by atoms with Gasteiger partial charge in [0.1, 0.15) is 11.2 Å². The highest BCUT2D eigenvalue weighted by molar-refractivity contribution is 7.37. The molecule has 0 radical (unpaired) electrons. The summed E-state index contributed by atoms with van der Waals surface area (Å²) < 4.78 is 12.8. The Kier molecular flexibility index (Phi) is 3.50. The zero-order valence-electron chi connectivity index (χ0n) is 13.1. The van der Waals surface area contributed by atoms with Gasteiger partial charge in [0.15, 0.2) is 0 Å². The number of aryl methyl sites for hydroxylation is 2. The van der Waals surface area contributed by atoms with Gasteiger partial charge in [0.05, 0.1) is 5.66 Å². The molecule has 0 bridgehead atoms. The summed E-state index contributed by atoms with van der Waals surface area (Å²) in [4.78, 5) is 0. The third kappa shape index (κ3) is 2.27. The van der Waals surface area contributed by atoms with E-state index < -0.39 is 8.01 Å². The van der Waals surface area contributed by atoms with Crippen molar-refractivity contribution in [3.05, 3.63) is 47.5 Å². The Morgan fingerprint density at radius 1 is 0.818 bits per heavy atom. The van der Waals surface area contributed by atoms with Crippen molar-refractivity contribution < 1.29 is 8.39 Å². The Bertz CT molecular complexity index is 809. The maximum Gasteiger partial charge on any atom is 0.219 e. The number of fused-ring (bicyclic) bond motifs is 3. The highest BCUT2D eigenvalue weighted by atomic mass is 31.1. The van der Waals surface area contributed by atoms with E-state index in [1.54, 1.807) is 0 Å². The van der Waals surface area contributed by atoms with E-state index in [0.29, 0.717) is 5.66 Å². The highest BCUT2D eigenvalue weighted by Gasteiger charge is 2.22. The Morgan fingerprint density at radius 2 is 1.32 bits per heavy atom. The minimum Gasteiger partial charge on any atom is -0.419 e. The summed E-state index contributed by atoms with van der Waals surface area (Å²) >= 11 is 0. The van der Waals surface area contributed by atoms with Gasteiger partial charge in [0.2, 0.25) is 8.01 Å². The lowest BCUT2D eigenvalue weighted by Crippen LogP contribution is -1.80. The molecule has 1 fully saturated rings. The van der Waals surface area contributed by atoms with Crippen LogP contribution in [0, 0.1) is 13.8 Å². The molecule has 0 unspecified atom stereocenters. The summed E-state index contributed by atoms with van der Waals surface area (Å²) in [6, 6.07) is 12.7. The Morgan fingerprint density at radius 3 is 1.82 bits per heavy atom. The maximum atomic E-state index is 6.40. The lowest BCUT2D eigenvalue weighted by molar-refractivity contribution is 0.606. The normalized spacial score (nSPS) is 15.7. The molecular formula is C19H21O2P. The molecule has 3 heteroatoms. The quantitative estimate of drug-likeness (QED) is 0.482. The van der Waals surface area contributed by atoms with Crippen molar-refractivity contribution in [2.24, 2.45) is 0 Å². The van der Waals surface area contributed by atoms with E-state index in [4.69, 9.17) is 8.39 Å². The fraction of sp³-hybridized carbons (Fsp3) is 0.368. The first-order chi connectivity index (χ1) is 10.7. The largest absolute Gasteiger partial charge is 0.419 e. The lowest BCUT2D eigenvalue weighted by Gasteiger charge is -2.04. The monoisotopic (exact) mass is 312 g/mol. The van der Waals surface area contributed by atoms with Crippen LogP contribution in [0.2, 0.25) is 0 Å². The first-order valence-electron chi connectivity index (χ1n) is 8.09. The minimum atomic E-state index is -0.897. The summed E-state index contributed by atoms with van der Waals surface area (Å²) in [7, 11) is -0.897. The van der Waals surface area contributed by atoms with Gasteiger partial charge < -0.3 is 8.39 Å². The van der Waals surface area contributed by atoms with Gasteiger partial charge in [0.25, 0.3) is 0 Å². The van der Waals surface area contributed by atoms with Crippen molar-refractivity contribution in [3.8, 4) is 0 Å². The van der Waals surface area contributed by atoms with Crippen LogP contribution < -0.4 is 0 Å². The van der Waals surface area contributed by atoms with Crippen LogP contribution in [0.25, 0.3) is 21.9 Å². The summed E-state index contributed by atoms with van der Waals surface area (Å²) in [5.41, 5.74) is 5.05. The molecule has 22 heavy (non-hydrogen) atoms. The average molecular weight is 312 g/mol. The number of benzene rings is 2. The average Bonchev–Trinajstić information content (AvgIpc) is 2.97. The van der Waals surface area contributed by atoms with Crippen LogP contribution in [-0.4, -0.2) is 0 Å². The third-order valence-electron chi connectivity index (χ3n) is 4.72.